The fourth-order valence-corrected chi connectivity index (χ4v) is 9.90. The highest BCUT2D eigenvalue weighted by Crippen LogP contribution is 2.45. The monoisotopic (exact) mass is 707 g/mol. The number of thiophene rings is 4. The van der Waals surface area contributed by atoms with E-state index in [1.807, 2.05) is 28.7 Å². The first-order valence-corrected chi connectivity index (χ1v) is 19.2. The van der Waals surface area contributed by atoms with Crippen LogP contribution in [0.3, 0.4) is 0 Å². The van der Waals surface area contributed by atoms with Crippen LogP contribution in [0.25, 0.3) is 29.3 Å². The average molecular weight is 708 g/mol. The second-order valence-corrected chi connectivity index (χ2v) is 15.5. The van der Waals surface area contributed by atoms with Crippen molar-refractivity contribution in [1.82, 2.24) is 0 Å². The van der Waals surface area contributed by atoms with Gasteiger partial charge < -0.3 is 5.32 Å². The van der Waals surface area contributed by atoms with Gasteiger partial charge in [-0.05, 0) is 78.6 Å². The Bertz CT molecular complexity index is 1820. The molecule has 0 aliphatic carbocycles. The lowest BCUT2D eigenvalue weighted by Gasteiger charge is -2.04. The normalized spacial score (nSPS) is 11.2. The predicted molar refractivity (Wildman–Crippen MR) is 198 cm³/mol. The van der Waals surface area contributed by atoms with Gasteiger partial charge in [0.15, 0.2) is 0 Å². The number of hydrogen-bond donors (Lipinski definition) is 1. The first kappa shape index (κ1) is 34.6. The second kappa shape index (κ2) is 16.4. The summed E-state index contributed by atoms with van der Waals surface area (Å²) in [5, 5.41) is 27.5. The molecule has 0 atom stereocenters. The minimum absolute atomic E-state index is 0.0112. The van der Waals surface area contributed by atoms with Crippen molar-refractivity contribution < 1.29 is 14.6 Å². The van der Waals surface area contributed by atoms with Gasteiger partial charge in [-0.15, -0.1) is 45.3 Å². The standard InChI is InChI=1S/C35H37N3O5S4/c1-3-5-7-9-11-23-17-18-44-33(23)30-15-13-28(45-30)29-14-16-31(46-29)34-24(12-10-8-6-4-2)19-32(47-34)35(39)36-25-20-26(37(40)41)22-27(21-25)38(42)43/h13-22H,3-12H2,1-2H3,(H,36,39). The molecular formula is C35H37N3O5S4. The van der Waals surface area contributed by atoms with Crippen LogP contribution in [-0.2, 0) is 12.8 Å². The van der Waals surface area contributed by atoms with Crippen LogP contribution in [0.2, 0.25) is 0 Å². The number of nitro benzene ring substituents is 2. The summed E-state index contributed by atoms with van der Waals surface area (Å²) in [6.45, 7) is 4.41. The number of nitrogens with zero attached hydrogens (tertiary/aromatic N) is 2. The molecule has 12 heteroatoms. The van der Waals surface area contributed by atoms with Crippen LogP contribution in [0.5, 0.6) is 0 Å². The van der Waals surface area contributed by atoms with E-state index in [0.29, 0.717) is 4.88 Å². The van der Waals surface area contributed by atoms with Crippen molar-refractivity contribution in [1.29, 1.82) is 0 Å². The van der Waals surface area contributed by atoms with Crippen LogP contribution in [0, 0.1) is 20.2 Å². The number of hydrogen-bond acceptors (Lipinski definition) is 9. The van der Waals surface area contributed by atoms with Gasteiger partial charge in [0.05, 0.1) is 26.5 Å². The quantitative estimate of drug-likeness (QED) is 0.0586. The number of nitro groups is 2. The lowest BCUT2D eigenvalue weighted by atomic mass is 10.1. The fraction of sp³-hybridized carbons (Fsp3) is 0.343. The third-order valence-corrected chi connectivity index (χ3v) is 12.7. The van der Waals surface area contributed by atoms with E-state index >= 15 is 0 Å². The predicted octanol–water partition coefficient (Wildman–Crippen LogP) is 12.2. The third-order valence-electron chi connectivity index (χ3n) is 7.86. The summed E-state index contributed by atoms with van der Waals surface area (Å²) in [5.41, 5.74) is 1.62. The van der Waals surface area contributed by atoms with Gasteiger partial charge in [-0.25, -0.2) is 0 Å². The maximum atomic E-state index is 13.4. The fourth-order valence-electron chi connectivity index (χ4n) is 5.42. The van der Waals surface area contributed by atoms with E-state index in [2.05, 4.69) is 54.9 Å². The molecule has 0 radical (unpaired) electrons. The Labute approximate surface area is 290 Å². The highest BCUT2D eigenvalue weighted by atomic mass is 32.1. The number of anilines is 1. The number of aryl methyl sites for hydroxylation is 2. The Morgan fingerprint density at radius 3 is 1.79 bits per heavy atom. The number of carbonyl (C=O) groups excluding carboxylic acids is 1. The summed E-state index contributed by atoms with van der Waals surface area (Å²) in [4.78, 5) is 42.3. The van der Waals surface area contributed by atoms with E-state index in [0.717, 1.165) is 72.0 Å². The Balaban J connectivity index is 1.38. The number of amides is 1. The molecule has 0 spiro atoms. The molecular weight excluding hydrogens is 671 g/mol. The molecule has 5 aromatic rings. The van der Waals surface area contributed by atoms with Crippen molar-refractivity contribution in [3.8, 4) is 29.3 Å². The Morgan fingerprint density at radius 1 is 0.660 bits per heavy atom. The molecule has 0 bridgehead atoms. The number of carbonyl (C=O) groups is 1. The molecule has 1 amide bonds. The highest BCUT2D eigenvalue weighted by Gasteiger charge is 2.21. The SMILES string of the molecule is CCCCCCc1ccsc1-c1ccc(-c2ccc(-c3sc(C(=O)Nc4cc([N+](=O)[O-])cc([N+](=O)[O-])c4)cc3CCCCCC)s2)s1. The van der Waals surface area contributed by atoms with Crippen LogP contribution in [0.15, 0.2) is 60.0 Å². The van der Waals surface area contributed by atoms with Gasteiger partial charge >= 0.3 is 0 Å². The summed E-state index contributed by atoms with van der Waals surface area (Å²) >= 11 is 6.72. The van der Waals surface area contributed by atoms with E-state index in [1.165, 1.54) is 62.1 Å². The Kier molecular flexibility index (Phi) is 12.1. The lowest BCUT2D eigenvalue weighted by molar-refractivity contribution is -0.394. The minimum Gasteiger partial charge on any atom is -0.321 e. The van der Waals surface area contributed by atoms with E-state index in [4.69, 9.17) is 0 Å². The molecule has 0 aliphatic heterocycles. The Hall–Kier alpha value is -3.71. The summed E-state index contributed by atoms with van der Waals surface area (Å²) in [6.07, 6.45) is 11.3. The van der Waals surface area contributed by atoms with E-state index < -0.39 is 27.1 Å². The van der Waals surface area contributed by atoms with Crippen molar-refractivity contribution in [2.24, 2.45) is 0 Å². The first-order valence-electron chi connectivity index (χ1n) is 15.9. The number of benzene rings is 1. The molecule has 246 valence electrons. The summed E-state index contributed by atoms with van der Waals surface area (Å²) in [7, 11) is 0. The Morgan fingerprint density at radius 2 is 1.21 bits per heavy atom. The van der Waals surface area contributed by atoms with Crippen molar-refractivity contribution in [3.05, 3.63) is 96.2 Å². The van der Waals surface area contributed by atoms with Crippen molar-refractivity contribution in [2.45, 2.75) is 78.1 Å². The zero-order valence-corrected chi connectivity index (χ0v) is 29.7. The molecule has 8 nitrogen and oxygen atoms in total. The molecule has 0 saturated carbocycles. The maximum Gasteiger partial charge on any atom is 0.278 e. The first-order chi connectivity index (χ1) is 22.8. The minimum atomic E-state index is -0.709. The summed E-state index contributed by atoms with van der Waals surface area (Å²) < 4.78 is 0. The molecule has 4 aromatic heterocycles. The van der Waals surface area contributed by atoms with Crippen LogP contribution < -0.4 is 5.32 Å². The van der Waals surface area contributed by atoms with Gasteiger partial charge in [0.25, 0.3) is 17.3 Å². The van der Waals surface area contributed by atoms with Gasteiger partial charge in [0, 0.05) is 41.4 Å². The van der Waals surface area contributed by atoms with Gasteiger partial charge in [0.2, 0.25) is 0 Å². The molecule has 5 rings (SSSR count). The van der Waals surface area contributed by atoms with Crippen LogP contribution in [-0.4, -0.2) is 15.8 Å². The van der Waals surface area contributed by atoms with E-state index in [-0.39, 0.29) is 5.69 Å². The molecule has 4 heterocycles. The van der Waals surface area contributed by atoms with Gasteiger partial charge in [-0.1, -0.05) is 52.4 Å². The average Bonchev–Trinajstić information content (AvgIpc) is 3.87. The molecule has 0 aliphatic rings. The largest absolute Gasteiger partial charge is 0.321 e. The van der Waals surface area contributed by atoms with Crippen molar-refractivity contribution in [2.75, 3.05) is 5.32 Å². The molecule has 0 saturated heterocycles. The van der Waals surface area contributed by atoms with Gasteiger partial charge in [-0.3, -0.25) is 25.0 Å². The molecule has 1 N–H and O–H groups in total. The number of rotatable bonds is 17. The summed E-state index contributed by atoms with van der Waals surface area (Å²) in [6, 6.07) is 16.0. The van der Waals surface area contributed by atoms with Crippen LogP contribution in [0.4, 0.5) is 17.1 Å². The number of nitrogens with one attached hydrogen (secondary N) is 1. The number of unbranched alkanes of at least 4 members (excludes halogenated alkanes) is 6. The smallest absolute Gasteiger partial charge is 0.278 e. The van der Waals surface area contributed by atoms with Crippen LogP contribution in [0.1, 0.15) is 86.0 Å². The van der Waals surface area contributed by atoms with Crippen molar-refractivity contribution >= 4 is 68.3 Å². The second-order valence-electron chi connectivity index (χ2n) is 11.4. The maximum absolute atomic E-state index is 13.4. The van der Waals surface area contributed by atoms with E-state index in [1.54, 1.807) is 11.3 Å². The molecule has 0 unspecified atom stereocenters. The van der Waals surface area contributed by atoms with Gasteiger partial charge in [0.1, 0.15) is 0 Å². The zero-order valence-electron chi connectivity index (χ0n) is 26.4. The highest BCUT2D eigenvalue weighted by molar-refractivity contribution is 7.28. The van der Waals surface area contributed by atoms with Crippen molar-refractivity contribution in [3.63, 3.8) is 0 Å². The molecule has 0 fully saturated rings. The lowest BCUT2D eigenvalue weighted by Crippen LogP contribution is -2.10. The van der Waals surface area contributed by atoms with Gasteiger partial charge in [-0.2, -0.15) is 0 Å². The summed E-state index contributed by atoms with van der Waals surface area (Å²) in [5.74, 6) is -0.452. The van der Waals surface area contributed by atoms with Crippen LogP contribution >= 0.6 is 45.3 Å². The molecule has 1 aromatic carbocycles. The molecule has 47 heavy (non-hydrogen) atoms. The zero-order chi connectivity index (χ0) is 33.3. The third kappa shape index (κ3) is 8.81. The topological polar surface area (TPSA) is 115 Å². The van der Waals surface area contributed by atoms with E-state index in [9.17, 15) is 25.0 Å². The number of non-ortho nitro benzene ring substituents is 2.